The summed E-state index contributed by atoms with van der Waals surface area (Å²) in [4.78, 5) is 2.46. The molecule has 0 saturated carbocycles. The zero-order chi connectivity index (χ0) is 12.0. The van der Waals surface area contributed by atoms with E-state index in [-0.39, 0.29) is 0 Å². The average Bonchev–Trinajstić information content (AvgIpc) is 2.65. The second-order valence-corrected chi connectivity index (χ2v) is 4.81. The second kappa shape index (κ2) is 7.07. The van der Waals surface area contributed by atoms with Crippen molar-refractivity contribution in [2.45, 2.75) is 33.2 Å². The van der Waals surface area contributed by atoms with Crippen molar-refractivity contribution < 1.29 is 0 Å². The van der Waals surface area contributed by atoms with Crippen LogP contribution in [0.1, 0.15) is 31.7 Å². The molecule has 0 unspecified atom stereocenters. The third kappa shape index (κ3) is 3.91. The fourth-order valence-corrected chi connectivity index (χ4v) is 2.00. The molecule has 1 heterocycles. The molecular formula is C12H22BrN3. The molecular weight excluding hydrogens is 266 g/mol. The van der Waals surface area contributed by atoms with Gasteiger partial charge in [-0.25, -0.2) is 0 Å². The van der Waals surface area contributed by atoms with Gasteiger partial charge in [0.15, 0.2) is 0 Å². The Hall–Kier alpha value is -0.350. The van der Waals surface area contributed by atoms with Gasteiger partial charge in [-0.15, -0.1) is 0 Å². The average molecular weight is 288 g/mol. The van der Waals surface area contributed by atoms with Gasteiger partial charge in [0.05, 0.1) is 11.4 Å². The van der Waals surface area contributed by atoms with Crippen LogP contribution in [-0.2, 0) is 20.0 Å². The summed E-state index contributed by atoms with van der Waals surface area (Å²) in [5.74, 6) is 0. The number of hydrogen-bond donors (Lipinski definition) is 0. The van der Waals surface area contributed by atoms with Crippen LogP contribution in [0.4, 0.5) is 0 Å². The highest BCUT2D eigenvalue weighted by Crippen LogP contribution is 2.08. The molecule has 0 spiro atoms. The summed E-state index contributed by atoms with van der Waals surface area (Å²) in [5.41, 5.74) is 2.50. The fourth-order valence-electron chi connectivity index (χ4n) is 1.75. The van der Waals surface area contributed by atoms with Gasteiger partial charge < -0.3 is 0 Å². The minimum absolute atomic E-state index is 1.01. The number of nitrogens with zero attached hydrogens (tertiary/aromatic N) is 3. The molecule has 1 aromatic rings. The normalized spacial score (nSPS) is 11.3. The summed E-state index contributed by atoms with van der Waals surface area (Å²) in [5, 5.41) is 5.56. The van der Waals surface area contributed by atoms with E-state index in [1.807, 2.05) is 11.7 Å². The predicted octanol–water partition coefficient (Wildman–Crippen LogP) is 2.59. The van der Waals surface area contributed by atoms with Gasteiger partial charge >= 0.3 is 0 Å². The molecule has 0 bridgehead atoms. The van der Waals surface area contributed by atoms with Crippen molar-refractivity contribution in [2.24, 2.45) is 7.05 Å². The molecule has 0 aliphatic heterocycles. The van der Waals surface area contributed by atoms with E-state index in [9.17, 15) is 0 Å². The Morgan fingerprint density at radius 3 is 2.69 bits per heavy atom. The monoisotopic (exact) mass is 287 g/mol. The Kier molecular flexibility index (Phi) is 6.06. The van der Waals surface area contributed by atoms with Crippen LogP contribution < -0.4 is 0 Å². The van der Waals surface area contributed by atoms with E-state index < -0.39 is 0 Å². The van der Waals surface area contributed by atoms with Crippen LogP contribution in [0.15, 0.2) is 6.07 Å². The van der Waals surface area contributed by atoms with Gasteiger partial charge in [-0.1, -0.05) is 29.8 Å². The van der Waals surface area contributed by atoms with Crippen molar-refractivity contribution >= 4 is 15.9 Å². The van der Waals surface area contributed by atoms with E-state index in [2.05, 4.69) is 45.8 Å². The first-order valence-electron chi connectivity index (χ1n) is 6.01. The van der Waals surface area contributed by atoms with E-state index in [0.29, 0.717) is 0 Å². The molecule has 0 N–H and O–H groups in total. The molecule has 4 heteroatoms. The Labute approximate surface area is 107 Å². The summed E-state index contributed by atoms with van der Waals surface area (Å²) in [6, 6.07) is 2.22. The number of rotatable bonds is 7. The third-order valence-electron chi connectivity index (χ3n) is 2.83. The summed E-state index contributed by atoms with van der Waals surface area (Å²) >= 11 is 3.48. The van der Waals surface area contributed by atoms with E-state index in [1.165, 1.54) is 17.8 Å². The summed E-state index contributed by atoms with van der Waals surface area (Å²) < 4.78 is 2.01. The predicted molar refractivity (Wildman–Crippen MR) is 71.9 cm³/mol. The number of hydrogen-bond acceptors (Lipinski definition) is 2. The topological polar surface area (TPSA) is 21.1 Å². The van der Waals surface area contributed by atoms with Gasteiger partial charge in [0.25, 0.3) is 0 Å². The van der Waals surface area contributed by atoms with Crippen LogP contribution in [0.2, 0.25) is 0 Å². The quantitative estimate of drug-likeness (QED) is 0.719. The number of aryl methyl sites for hydroxylation is 2. The minimum atomic E-state index is 1.01. The Morgan fingerprint density at radius 1 is 1.44 bits per heavy atom. The molecule has 3 nitrogen and oxygen atoms in total. The van der Waals surface area contributed by atoms with Crippen molar-refractivity contribution in [3.8, 4) is 0 Å². The molecule has 92 valence electrons. The summed E-state index contributed by atoms with van der Waals surface area (Å²) in [7, 11) is 2.03. The molecule has 0 aromatic carbocycles. The molecule has 1 rings (SSSR count). The lowest BCUT2D eigenvalue weighted by Crippen LogP contribution is -2.25. The fraction of sp³-hybridized carbons (Fsp3) is 0.750. The second-order valence-electron chi connectivity index (χ2n) is 4.02. The molecule has 0 fully saturated rings. The SMILES string of the molecule is CCc1cc(CN(CC)CCCBr)n(C)n1. The first kappa shape index (κ1) is 13.7. The molecule has 16 heavy (non-hydrogen) atoms. The summed E-state index contributed by atoms with van der Waals surface area (Å²) in [6.07, 6.45) is 2.22. The van der Waals surface area contributed by atoms with E-state index in [1.54, 1.807) is 0 Å². The number of aromatic nitrogens is 2. The van der Waals surface area contributed by atoms with Gasteiger partial charge in [-0.3, -0.25) is 9.58 Å². The highest BCUT2D eigenvalue weighted by molar-refractivity contribution is 9.09. The van der Waals surface area contributed by atoms with E-state index in [0.717, 1.165) is 31.4 Å². The van der Waals surface area contributed by atoms with Gasteiger partial charge in [0.2, 0.25) is 0 Å². The zero-order valence-corrected chi connectivity index (χ0v) is 12.1. The van der Waals surface area contributed by atoms with E-state index in [4.69, 9.17) is 0 Å². The van der Waals surface area contributed by atoms with Crippen LogP contribution >= 0.6 is 15.9 Å². The zero-order valence-electron chi connectivity index (χ0n) is 10.5. The van der Waals surface area contributed by atoms with Crippen LogP contribution in [0.3, 0.4) is 0 Å². The molecule has 0 atom stereocenters. The molecule has 0 aliphatic carbocycles. The van der Waals surface area contributed by atoms with Gasteiger partial charge in [-0.2, -0.15) is 5.10 Å². The highest BCUT2D eigenvalue weighted by Gasteiger charge is 2.08. The Balaban J connectivity index is 2.58. The van der Waals surface area contributed by atoms with Gasteiger partial charge in [-0.05, 0) is 32.0 Å². The molecule has 0 amide bonds. The van der Waals surface area contributed by atoms with Crippen molar-refractivity contribution in [3.05, 3.63) is 17.5 Å². The molecule has 0 aliphatic rings. The Morgan fingerprint density at radius 2 is 2.19 bits per heavy atom. The third-order valence-corrected chi connectivity index (χ3v) is 3.39. The summed E-state index contributed by atoms with van der Waals surface area (Å²) in [6.45, 7) is 7.61. The van der Waals surface area contributed by atoms with E-state index >= 15 is 0 Å². The molecule has 0 saturated heterocycles. The lowest BCUT2D eigenvalue weighted by molar-refractivity contribution is 0.274. The van der Waals surface area contributed by atoms with Crippen molar-refractivity contribution in [3.63, 3.8) is 0 Å². The smallest absolute Gasteiger partial charge is 0.0625 e. The lowest BCUT2D eigenvalue weighted by Gasteiger charge is -2.19. The largest absolute Gasteiger partial charge is 0.298 e. The highest BCUT2D eigenvalue weighted by atomic mass is 79.9. The first-order valence-corrected chi connectivity index (χ1v) is 7.13. The van der Waals surface area contributed by atoms with Crippen molar-refractivity contribution in [1.82, 2.24) is 14.7 Å². The lowest BCUT2D eigenvalue weighted by atomic mass is 10.3. The van der Waals surface area contributed by atoms with Gasteiger partial charge in [0.1, 0.15) is 0 Å². The first-order chi connectivity index (χ1) is 7.71. The maximum Gasteiger partial charge on any atom is 0.0625 e. The van der Waals surface area contributed by atoms with Crippen molar-refractivity contribution in [2.75, 3.05) is 18.4 Å². The standard InChI is InChI=1S/C12H22BrN3/c1-4-11-9-12(15(3)14-11)10-16(5-2)8-6-7-13/h9H,4-8,10H2,1-3H3. The van der Waals surface area contributed by atoms with Crippen LogP contribution in [-0.4, -0.2) is 33.1 Å². The molecule has 0 radical (unpaired) electrons. The minimum Gasteiger partial charge on any atom is -0.298 e. The van der Waals surface area contributed by atoms with Crippen molar-refractivity contribution in [1.29, 1.82) is 0 Å². The number of alkyl halides is 1. The maximum absolute atomic E-state index is 4.48. The van der Waals surface area contributed by atoms with Crippen LogP contribution in [0, 0.1) is 0 Å². The van der Waals surface area contributed by atoms with Crippen LogP contribution in [0.5, 0.6) is 0 Å². The Bertz CT molecular complexity index is 309. The number of halogens is 1. The maximum atomic E-state index is 4.48. The van der Waals surface area contributed by atoms with Gasteiger partial charge in [0, 0.05) is 18.9 Å². The van der Waals surface area contributed by atoms with Crippen LogP contribution in [0.25, 0.3) is 0 Å². The molecule has 1 aromatic heterocycles.